The van der Waals surface area contributed by atoms with Crippen LogP contribution in [0.1, 0.15) is 41.4 Å². The molecule has 5 nitrogen and oxygen atoms in total. The van der Waals surface area contributed by atoms with Crippen molar-refractivity contribution in [1.29, 1.82) is 0 Å². The minimum absolute atomic E-state index is 0.0892. The Kier molecular flexibility index (Phi) is 5.18. The van der Waals surface area contributed by atoms with Crippen molar-refractivity contribution in [2.24, 2.45) is 5.41 Å². The van der Waals surface area contributed by atoms with E-state index < -0.39 is 0 Å². The zero-order valence-electron chi connectivity index (χ0n) is 16.7. The van der Waals surface area contributed by atoms with Crippen molar-refractivity contribution in [3.63, 3.8) is 0 Å². The highest BCUT2D eigenvalue weighted by Gasteiger charge is 2.30. The fraction of sp³-hybridized carbons (Fsp3) is 0.391. The summed E-state index contributed by atoms with van der Waals surface area (Å²) in [5.41, 5.74) is 4.26. The monoisotopic (exact) mass is 376 g/mol. The molecule has 0 spiro atoms. The van der Waals surface area contributed by atoms with Crippen LogP contribution in [0, 0.1) is 12.3 Å². The van der Waals surface area contributed by atoms with Gasteiger partial charge in [-0.25, -0.2) is 0 Å². The molecule has 1 aromatic carbocycles. The van der Waals surface area contributed by atoms with Crippen LogP contribution in [0.25, 0.3) is 10.9 Å². The maximum atomic E-state index is 12.7. The van der Waals surface area contributed by atoms with Gasteiger partial charge in [-0.3, -0.25) is 14.7 Å². The molecular weight excluding hydrogens is 348 g/mol. The third kappa shape index (κ3) is 4.09. The SMILES string of the molecule is Cc1cccc(CN2CCC(C)(CNC(=O)c3nccc4[nH]ccc34)CC2)c1. The molecule has 1 fully saturated rings. The van der Waals surface area contributed by atoms with Crippen LogP contribution in [0.5, 0.6) is 0 Å². The van der Waals surface area contributed by atoms with Gasteiger partial charge in [0.25, 0.3) is 5.91 Å². The number of nitrogens with one attached hydrogen (secondary N) is 2. The van der Waals surface area contributed by atoms with Gasteiger partial charge in [0.15, 0.2) is 0 Å². The first-order chi connectivity index (χ1) is 13.5. The number of carbonyl (C=O) groups excluding carboxylic acids is 1. The van der Waals surface area contributed by atoms with Crippen LogP contribution < -0.4 is 5.32 Å². The average molecular weight is 377 g/mol. The Bertz CT molecular complexity index is 969. The van der Waals surface area contributed by atoms with E-state index in [9.17, 15) is 4.79 Å². The number of piperidine rings is 1. The predicted molar refractivity (Wildman–Crippen MR) is 112 cm³/mol. The number of aryl methyl sites for hydroxylation is 1. The number of rotatable bonds is 5. The van der Waals surface area contributed by atoms with E-state index in [1.807, 2.05) is 18.3 Å². The van der Waals surface area contributed by atoms with Crippen LogP contribution in [0.3, 0.4) is 0 Å². The molecular formula is C23H28N4O. The van der Waals surface area contributed by atoms with Crippen molar-refractivity contribution in [3.05, 3.63) is 65.6 Å². The van der Waals surface area contributed by atoms with Crippen molar-refractivity contribution in [2.45, 2.75) is 33.2 Å². The first kappa shape index (κ1) is 18.7. The molecule has 1 saturated heterocycles. The van der Waals surface area contributed by atoms with E-state index in [-0.39, 0.29) is 11.3 Å². The molecule has 0 atom stereocenters. The minimum Gasteiger partial charge on any atom is -0.361 e. The number of nitrogens with zero attached hydrogens (tertiary/aromatic N) is 2. The van der Waals surface area contributed by atoms with Gasteiger partial charge in [-0.1, -0.05) is 36.8 Å². The summed E-state index contributed by atoms with van der Waals surface area (Å²) in [5.74, 6) is -0.0892. The number of pyridine rings is 1. The highest BCUT2D eigenvalue weighted by molar-refractivity contribution is 6.04. The Morgan fingerprint density at radius 1 is 1.25 bits per heavy atom. The highest BCUT2D eigenvalue weighted by Crippen LogP contribution is 2.31. The van der Waals surface area contributed by atoms with Crippen molar-refractivity contribution in [2.75, 3.05) is 19.6 Å². The zero-order valence-corrected chi connectivity index (χ0v) is 16.7. The predicted octanol–water partition coefficient (Wildman–Crippen LogP) is 3.90. The molecule has 1 aliphatic rings. The number of aromatic nitrogens is 2. The van der Waals surface area contributed by atoms with Gasteiger partial charge < -0.3 is 10.3 Å². The molecule has 0 unspecified atom stereocenters. The van der Waals surface area contributed by atoms with Crippen LogP contribution in [-0.2, 0) is 6.54 Å². The van der Waals surface area contributed by atoms with Gasteiger partial charge in [0.05, 0.1) is 0 Å². The number of benzene rings is 1. The van der Waals surface area contributed by atoms with Gasteiger partial charge >= 0.3 is 0 Å². The van der Waals surface area contributed by atoms with Gasteiger partial charge in [-0.05, 0) is 56.0 Å². The Hall–Kier alpha value is -2.66. The zero-order chi connectivity index (χ0) is 19.6. The van der Waals surface area contributed by atoms with E-state index >= 15 is 0 Å². The second-order valence-electron chi connectivity index (χ2n) is 8.36. The van der Waals surface area contributed by atoms with Gasteiger partial charge in [-0.2, -0.15) is 0 Å². The molecule has 28 heavy (non-hydrogen) atoms. The number of fused-ring (bicyclic) bond motifs is 1. The first-order valence-electron chi connectivity index (χ1n) is 10.0. The van der Waals surface area contributed by atoms with Crippen LogP contribution in [0.15, 0.2) is 48.8 Å². The van der Waals surface area contributed by atoms with E-state index in [1.165, 1.54) is 11.1 Å². The lowest BCUT2D eigenvalue weighted by molar-refractivity contribution is 0.0855. The lowest BCUT2D eigenvalue weighted by atomic mass is 9.80. The molecule has 3 aromatic rings. The summed E-state index contributed by atoms with van der Waals surface area (Å²) in [6.45, 7) is 8.23. The summed E-state index contributed by atoms with van der Waals surface area (Å²) < 4.78 is 0. The fourth-order valence-electron chi connectivity index (χ4n) is 4.04. The van der Waals surface area contributed by atoms with E-state index in [0.717, 1.165) is 43.4 Å². The average Bonchev–Trinajstić information content (AvgIpc) is 3.17. The number of amides is 1. The van der Waals surface area contributed by atoms with E-state index in [4.69, 9.17) is 0 Å². The summed E-state index contributed by atoms with van der Waals surface area (Å²) >= 11 is 0. The van der Waals surface area contributed by atoms with E-state index in [2.05, 4.69) is 58.3 Å². The Balaban J connectivity index is 1.32. The number of hydrogen-bond donors (Lipinski definition) is 2. The van der Waals surface area contributed by atoms with Crippen LogP contribution in [0.4, 0.5) is 0 Å². The van der Waals surface area contributed by atoms with Gasteiger partial charge in [-0.15, -0.1) is 0 Å². The second kappa shape index (κ2) is 7.76. The summed E-state index contributed by atoms with van der Waals surface area (Å²) in [6, 6.07) is 12.5. The maximum Gasteiger partial charge on any atom is 0.270 e. The molecule has 0 bridgehead atoms. The lowest BCUT2D eigenvalue weighted by Crippen LogP contribution is -2.44. The highest BCUT2D eigenvalue weighted by atomic mass is 16.1. The molecule has 1 aliphatic heterocycles. The van der Waals surface area contributed by atoms with Crippen molar-refractivity contribution < 1.29 is 4.79 Å². The number of likely N-dealkylation sites (tertiary alicyclic amines) is 1. The normalized spacial score (nSPS) is 16.9. The molecule has 2 aromatic heterocycles. The third-order valence-electron chi connectivity index (χ3n) is 5.92. The molecule has 0 aliphatic carbocycles. The standard InChI is InChI=1S/C23H28N4O/c1-17-4-3-5-18(14-17)15-27-12-8-23(2,9-13-27)16-26-22(28)21-19-6-10-24-20(19)7-11-25-21/h3-7,10-11,14,24H,8-9,12-13,15-16H2,1-2H3,(H,26,28). The minimum atomic E-state index is -0.0892. The van der Waals surface area contributed by atoms with Gasteiger partial charge in [0.2, 0.25) is 0 Å². The quantitative estimate of drug-likeness (QED) is 0.710. The van der Waals surface area contributed by atoms with Crippen molar-refractivity contribution >= 4 is 16.8 Å². The van der Waals surface area contributed by atoms with Crippen molar-refractivity contribution in [3.8, 4) is 0 Å². The largest absolute Gasteiger partial charge is 0.361 e. The van der Waals surface area contributed by atoms with E-state index in [1.54, 1.807) is 6.20 Å². The molecule has 2 N–H and O–H groups in total. The van der Waals surface area contributed by atoms with Crippen LogP contribution >= 0.6 is 0 Å². The van der Waals surface area contributed by atoms with Gasteiger partial charge in [0.1, 0.15) is 5.69 Å². The van der Waals surface area contributed by atoms with Gasteiger partial charge in [0, 0.05) is 36.4 Å². The molecule has 4 rings (SSSR count). The van der Waals surface area contributed by atoms with Crippen LogP contribution in [0.2, 0.25) is 0 Å². The number of H-pyrrole nitrogens is 1. The maximum absolute atomic E-state index is 12.7. The second-order valence-corrected chi connectivity index (χ2v) is 8.36. The molecule has 3 heterocycles. The van der Waals surface area contributed by atoms with E-state index in [0.29, 0.717) is 12.2 Å². The topological polar surface area (TPSA) is 61.0 Å². The first-order valence-corrected chi connectivity index (χ1v) is 10.0. The smallest absolute Gasteiger partial charge is 0.270 e. The lowest BCUT2D eigenvalue weighted by Gasteiger charge is -2.39. The number of aromatic amines is 1. The number of carbonyl (C=O) groups is 1. The molecule has 0 saturated carbocycles. The van der Waals surface area contributed by atoms with Crippen molar-refractivity contribution in [1.82, 2.24) is 20.2 Å². The molecule has 1 amide bonds. The molecule has 0 radical (unpaired) electrons. The van der Waals surface area contributed by atoms with Crippen LogP contribution in [-0.4, -0.2) is 40.4 Å². The summed E-state index contributed by atoms with van der Waals surface area (Å²) in [7, 11) is 0. The summed E-state index contributed by atoms with van der Waals surface area (Å²) in [4.78, 5) is 22.6. The summed E-state index contributed by atoms with van der Waals surface area (Å²) in [6.07, 6.45) is 5.69. The fourth-order valence-corrected chi connectivity index (χ4v) is 4.04. The molecule has 146 valence electrons. The Labute approximate surface area is 166 Å². The third-order valence-corrected chi connectivity index (χ3v) is 5.92. The Morgan fingerprint density at radius 3 is 2.86 bits per heavy atom. The summed E-state index contributed by atoms with van der Waals surface area (Å²) in [5, 5.41) is 4.00. The number of hydrogen-bond acceptors (Lipinski definition) is 3. The molecule has 5 heteroatoms. The Morgan fingerprint density at radius 2 is 2.07 bits per heavy atom.